The first-order valence-corrected chi connectivity index (χ1v) is 5.23. The van der Waals surface area contributed by atoms with Crippen molar-refractivity contribution < 1.29 is 32.3 Å². The van der Waals surface area contributed by atoms with Crippen LogP contribution in [-0.4, -0.2) is 36.2 Å². The van der Waals surface area contributed by atoms with Gasteiger partial charge in [-0.3, -0.25) is 9.59 Å². The number of aliphatic carboxylic acids is 1. The van der Waals surface area contributed by atoms with E-state index in [2.05, 4.69) is 0 Å². The van der Waals surface area contributed by atoms with Gasteiger partial charge < -0.3 is 15.7 Å². The van der Waals surface area contributed by atoms with Crippen LogP contribution in [0.1, 0.15) is 10.4 Å². The zero-order valence-corrected chi connectivity index (χ0v) is 9.95. The van der Waals surface area contributed by atoms with E-state index in [-0.39, 0.29) is 0 Å². The summed E-state index contributed by atoms with van der Waals surface area (Å²) in [5.74, 6) is -3.96. The molecule has 9 heteroatoms. The Kier molecular flexibility index (Phi) is 4.53. The van der Waals surface area contributed by atoms with Crippen LogP contribution in [0.3, 0.4) is 0 Å². The average Bonchev–Trinajstić information content (AvgIpc) is 2.24. The van der Waals surface area contributed by atoms with Crippen molar-refractivity contribution in [2.75, 3.05) is 18.0 Å². The normalized spacial score (nSPS) is 11.2. The number of hydrogen-bond donors (Lipinski definition) is 2. The second kappa shape index (κ2) is 5.76. The number of hydrogen-bond acceptors (Lipinski definition) is 3. The third kappa shape index (κ3) is 4.11. The van der Waals surface area contributed by atoms with Gasteiger partial charge in [-0.25, -0.2) is 4.39 Å². The lowest BCUT2D eigenvalue weighted by Gasteiger charge is -2.25. The molecule has 0 heterocycles. The molecule has 1 aromatic rings. The van der Waals surface area contributed by atoms with Gasteiger partial charge in [-0.05, 0) is 12.1 Å². The Bertz CT molecular complexity index is 531. The van der Waals surface area contributed by atoms with E-state index in [0.717, 1.165) is 18.2 Å². The fraction of sp³-hybridized carbons (Fsp3) is 0.273. The van der Waals surface area contributed by atoms with E-state index in [1.165, 1.54) is 0 Å². The highest BCUT2D eigenvalue weighted by Crippen LogP contribution is 2.26. The smallest absolute Gasteiger partial charge is 0.405 e. The van der Waals surface area contributed by atoms with Crippen molar-refractivity contribution in [3.63, 3.8) is 0 Å². The van der Waals surface area contributed by atoms with Crippen LogP contribution < -0.4 is 10.6 Å². The standard InChI is InChI=1S/C11H10F4N2O3/c12-6-2-1-3-7(9(6)10(16)20)17(4-8(18)19)5-11(13,14)15/h1-3H,4-5H2,(H2,16,20)(H,18,19). The van der Waals surface area contributed by atoms with Crippen molar-refractivity contribution in [1.29, 1.82) is 0 Å². The molecule has 5 nitrogen and oxygen atoms in total. The molecular formula is C11H10F4N2O3. The summed E-state index contributed by atoms with van der Waals surface area (Å²) in [7, 11) is 0. The number of amides is 1. The Balaban J connectivity index is 3.30. The Morgan fingerprint density at radius 2 is 1.90 bits per heavy atom. The molecule has 0 bridgehead atoms. The number of nitrogens with two attached hydrogens (primary N) is 1. The summed E-state index contributed by atoms with van der Waals surface area (Å²) >= 11 is 0. The third-order valence-corrected chi connectivity index (χ3v) is 2.27. The van der Waals surface area contributed by atoms with Crippen LogP contribution in [0.15, 0.2) is 18.2 Å². The summed E-state index contributed by atoms with van der Waals surface area (Å²) in [5.41, 5.74) is 3.62. The molecule has 3 N–H and O–H groups in total. The molecule has 0 aliphatic carbocycles. The van der Waals surface area contributed by atoms with Gasteiger partial charge in [-0.1, -0.05) is 6.07 Å². The molecule has 0 fully saturated rings. The molecule has 0 saturated heterocycles. The number of alkyl halides is 3. The van der Waals surface area contributed by atoms with E-state index in [1.54, 1.807) is 0 Å². The van der Waals surface area contributed by atoms with Crippen LogP contribution in [0, 0.1) is 5.82 Å². The highest BCUT2D eigenvalue weighted by Gasteiger charge is 2.33. The molecule has 0 radical (unpaired) electrons. The average molecular weight is 294 g/mol. The van der Waals surface area contributed by atoms with Crippen LogP contribution in [0.2, 0.25) is 0 Å². The van der Waals surface area contributed by atoms with Crippen LogP contribution >= 0.6 is 0 Å². The number of carbonyl (C=O) groups is 2. The first-order chi connectivity index (χ1) is 9.11. The summed E-state index contributed by atoms with van der Waals surface area (Å²) in [5, 5.41) is 8.62. The highest BCUT2D eigenvalue weighted by atomic mass is 19.4. The lowest BCUT2D eigenvalue weighted by molar-refractivity contribution is -0.136. The predicted molar refractivity (Wildman–Crippen MR) is 60.8 cm³/mol. The largest absolute Gasteiger partial charge is 0.480 e. The maximum atomic E-state index is 13.5. The Morgan fingerprint density at radius 1 is 1.30 bits per heavy atom. The first-order valence-electron chi connectivity index (χ1n) is 5.23. The van der Waals surface area contributed by atoms with Gasteiger partial charge in [-0.2, -0.15) is 13.2 Å². The van der Waals surface area contributed by atoms with Crippen molar-refractivity contribution in [1.82, 2.24) is 0 Å². The summed E-state index contributed by atoms with van der Waals surface area (Å²) in [6, 6.07) is 2.90. The van der Waals surface area contributed by atoms with Crippen LogP contribution in [-0.2, 0) is 4.79 Å². The van der Waals surface area contributed by atoms with E-state index in [4.69, 9.17) is 10.8 Å². The molecule has 0 aliphatic rings. The molecule has 0 spiro atoms. The van der Waals surface area contributed by atoms with E-state index >= 15 is 0 Å². The summed E-state index contributed by atoms with van der Waals surface area (Å²) in [6.45, 7) is -2.70. The number of carboxylic acid groups (broad SMARTS) is 1. The molecule has 0 aliphatic heterocycles. The lowest BCUT2D eigenvalue weighted by Crippen LogP contribution is -2.39. The monoisotopic (exact) mass is 294 g/mol. The molecular weight excluding hydrogens is 284 g/mol. The number of anilines is 1. The van der Waals surface area contributed by atoms with Gasteiger partial charge in [0.2, 0.25) is 0 Å². The molecule has 110 valence electrons. The lowest BCUT2D eigenvalue weighted by atomic mass is 10.1. The van der Waals surface area contributed by atoms with Gasteiger partial charge in [0.05, 0.1) is 11.3 Å². The molecule has 20 heavy (non-hydrogen) atoms. The zero-order chi connectivity index (χ0) is 15.5. The van der Waals surface area contributed by atoms with Gasteiger partial charge in [0.1, 0.15) is 18.9 Å². The topological polar surface area (TPSA) is 83.6 Å². The third-order valence-electron chi connectivity index (χ3n) is 2.27. The number of benzene rings is 1. The first kappa shape index (κ1) is 15.7. The van der Waals surface area contributed by atoms with Crippen molar-refractivity contribution >= 4 is 17.6 Å². The van der Waals surface area contributed by atoms with E-state index in [0.29, 0.717) is 4.90 Å². The molecule has 1 rings (SSSR count). The minimum Gasteiger partial charge on any atom is -0.480 e. The van der Waals surface area contributed by atoms with Gasteiger partial charge in [0.25, 0.3) is 5.91 Å². The number of rotatable bonds is 5. The number of carbonyl (C=O) groups excluding carboxylic acids is 1. The fourth-order valence-corrected chi connectivity index (χ4v) is 1.63. The zero-order valence-electron chi connectivity index (χ0n) is 9.95. The molecule has 1 amide bonds. The maximum Gasteiger partial charge on any atom is 0.405 e. The number of primary amides is 1. The molecule has 1 aromatic carbocycles. The molecule has 0 unspecified atom stereocenters. The van der Waals surface area contributed by atoms with Crippen molar-refractivity contribution in [3.05, 3.63) is 29.6 Å². The van der Waals surface area contributed by atoms with Crippen molar-refractivity contribution in [2.45, 2.75) is 6.18 Å². The van der Waals surface area contributed by atoms with Crippen LogP contribution in [0.5, 0.6) is 0 Å². The summed E-state index contributed by atoms with van der Waals surface area (Å²) in [4.78, 5) is 22.1. The number of nitrogens with zero attached hydrogens (tertiary/aromatic N) is 1. The summed E-state index contributed by atoms with van der Waals surface area (Å²) in [6.07, 6.45) is -4.73. The minimum absolute atomic E-state index is 0.325. The van der Waals surface area contributed by atoms with E-state index in [9.17, 15) is 27.2 Å². The van der Waals surface area contributed by atoms with Gasteiger partial charge >= 0.3 is 12.1 Å². The van der Waals surface area contributed by atoms with Crippen LogP contribution in [0.4, 0.5) is 23.2 Å². The second-order valence-corrected chi connectivity index (χ2v) is 3.86. The molecule has 0 saturated carbocycles. The SMILES string of the molecule is NC(=O)c1c(F)cccc1N(CC(=O)O)CC(F)(F)F. The summed E-state index contributed by atoms with van der Waals surface area (Å²) < 4.78 is 50.8. The van der Waals surface area contributed by atoms with Crippen LogP contribution in [0.25, 0.3) is 0 Å². The van der Waals surface area contributed by atoms with Crippen molar-refractivity contribution in [2.24, 2.45) is 5.73 Å². The minimum atomic E-state index is -4.73. The Hall–Kier alpha value is -2.32. The van der Waals surface area contributed by atoms with Gasteiger partial charge in [0, 0.05) is 0 Å². The van der Waals surface area contributed by atoms with E-state index in [1.807, 2.05) is 0 Å². The van der Waals surface area contributed by atoms with E-state index < -0.39 is 48.2 Å². The quantitative estimate of drug-likeness (QED) is 0.804. The maximum absolute atomic E-state index is 13.5. The van der Waals surface area contributed by atoms with Gasteiger partial charge in [-0.15, -0.1) is 0 Å². The highest BCUT2D eigenvalue weighted by molar-refractivity contribution is 5.99. The van der Waals surface area contributed by atoms with Gasteiger partial charge in [0.15, 0.2) is 0 Å². The Labute approximate surface area is 110 Å². The molecule has 0 atom stereocenters. The predicted octanol–water partition coefficient (Wildman–Crippen LogP) is 1.38. The molecule has 0 aromatic heterocycles. The van der Waals surface area contributed by atoms with Crippen molar-refractivity contribution in [3.8, 4) is 0 Å². The number of halogens is 4. The number of carboxylic acids is 1. The Morgan fingerprint density at radius 3 is 2.35 bits per heavy atom. The fourth-order valence-electron chi connectivity index (χ4n) is 1.63. The second-order valence-electron chi connectivity index (χ2n) is 3.86.